The second-order valence-corrected chi connectivity index (χ2v) is 7.53. The summed E-state index contributed by atoms with van der Waals surface area (Å²) in [7, 11) is 0. The standard InChI is InChI=1S/C18H18FN5O4S/c19-13-4-3-11(7-14(13)24-5-6-28-18(24)27)20-15(25)8-12-9-29-17(22-12)23-16(26)21-10-1-2-10/h3-4,7,9-10H,1-2,5-6,8H2,(H,20,25)(H2,21,22,23,26). The maximum absolute atomic E-state index is 14.1. The van der Waals surface area contributed by atoms with E-state index in [0.717, 1.165) is 12.8 Å². The summed E-state index contributed by atoms with van der Waals surface area (Å²) in [6, 6.07) is 3.91. The number of rotatable bonds is 6. The number of urea groups is 1. The fraction of sp³-hybridized carbons (Fsp3) is 0.333. The largest absolute Gasteiger partial charge is 0.447 e. The number of hydrogen-bond acceptors (Lipinski definition) is 6. The van der Waals surface area contributed by atoms with Crippen molar-refractivity contribution >= 4 is 45.9 Å². The van der Waals surface area contributed by atoms with Gasteiger partial charge in [0.05, 0.1) is 24.3 Å². The third-order valence-corrected chi connectivity index (χ3v) is 5.11. The lowest BCUT2D eigenvalue weighted by molar-refractivity contribution is -0.115. The van der Waals surface area contributed by atoms with Gasteiger partial charge >= 0.3 is 12.1 Å². The fourth-order valence-electron chi connectivity index (χ4n) is 2.77. The molecule has 1 aliphatic carbocycles. The second kappa shape index (κ2) is 8.03. The Morgan fingerprint density at radius 1 is 1.31 bits per heavy atom. The lowest BCUT2D eigenvalue weighted by Crippen LogP contribution is -2.30. The van der Waals surface area contributed by atoms with Crippen LogP contribution in [0.3, 0.4) is 0 Å². The van der Waals surface area contributed by atoms with E-state index in [1.165, 1.54) is 34.4 Å². The van der Waals surface area contributed by atoms with Crippen LogP contribution in [0.15, 0.2) is 23.6 Å². The number of aromatic nitrogens is 1. The number of carbonyl (C=O) groups is 3. The number of cyclic esters (lactones) is 1. The molecule has 11 heteroatoms. The van der Waals surface area contributed by atoms with Crippen LogP contribution in [0.25, 0.3) is 0 Å². The molecule has 0 unspecified atom stereocenters. The normalized spacial score (nSPS) is 15.8. The quantitative estimate of drug-likeness (QED) is 0.666. The van der Waals surface area contributed by atoms with Crippen LogP contribution in [0.5, 0.6) is 0 Å². The van der Waals surface area contributed by atoms with E-state index >= 15 is 0 Å². The number of halogens is 1. The number of amides is 4. The van der Waals surface area contributed by atoms with E-state index in [0.29, 0.717) is 16.5 Å². The molecule has 1 saturated carbocycles. The molecule has 152 valence electrons. The molecule has 1 aromatic carbocycles. The van der Waals surface area contributed by atoms with Gasteiger partial charge in [-0.2, -0.15) is 0 Å². The van der Waals surface area contributed by atoms with Gasteiger partial charge in [-0.1, -0.05) is 0 Å². The Bertz CT molecular complexity index is 961. The topological polar surface area (TPSA) is 113 Å². The Labute approximate surface area is 169 Å². The SMILES string of the molecule is O=C(Cc1csc(NC(=O)NC2CC2)n1)Nc1ccc(F)c(N2CCOC2=O)c1. The van der Waals surface area contributed by atoms with Gasteiger partial charge in [0.2, 0.25) is 5.91 Å². The molecule has 2 fully saturated rings. The highest BCUT2D eigenvalue weighted by Crippen LogP contribution is 2.26. The molecule has 2 aromatic rings. The van der Waals surface area contributed by atoms with Gasteiger partial charge in [0.15, 0.2) is 5.13 Å². The lowest BCUT2D eigenvalue weighted by Gasteiger charge is -2.15. The van der Waals surface area contributed by atoms with Gasteiger partial charge in [-0.15, -0.1) is 11.3 Å². The van der Waals surface area contributed by atoms with Gasteiger partial charge in [-0.25, -0.2) is 19.0 Å². The average Bonchev–Trinajstić information content (AvgIpc) is 3.20. The van der Waals surface area contributed by atoms with Crippen molar-refractivity contribution in [1.29, 1.82) is 0 Å². The van der Waals surface area contributed by atoms with Crippen LogP contribution < -0.4 is 20.9 Å². The summed E-state index contributed by atoms with van der Waals surface area (Å²) < 4.78 is 18.9. The zero-order valence-electron chi connectivity index (χ0n) is 15.2. The molecule has 4 rings (SSSR count). The van der Waals surface area contributed by atoms with Crippen LogP contribution in [0.2, 0.25) is 0 Å². The van der Waals surface area contributed by atoms with Crippen molar-refractivity contribution < 1.29 is 23.5 Å². The Morgan fingerprint density at radius 2 is 2.14 bits per heavy atom. The summed E-state index contributed by atoms with van der Waals surface area (Å²) in [5, 5.41) is 10.2. The van der Waals surface area contributed by atoms with Crippen LogP contribution in [0.1, 0.15) is 18.5 Å². The summed E-state index contributed by atoms with van der Waals surface area (Å²) in [5.74, 6) is -0.938. The molecule has 1 saturated heterocycles. The molecule has 0 atom stereocenters. The molecule has 2 heterocycles. The highest BCUT2D eigenvalue weighted by atomic mass is 32.1. The number of benzene rings is 1. The summed E-state index contributed by atoms with van der Waals surface area (Å²) in [6.07, 6.45) is 1.34. The highest BCUT2D eigenvalue weighted by molar-refractivity contribution is 7.13. The van der Waals surface area contributed by atoms with Crippen LogP contribution in [0, 0.1) is 5.82 Å². The van der Waals surface area contributed by atoms with Crippen molar-refractivity contribution in [3.05, 3.63) is 35.1 Å². The van der Waals surface area contributed by atoms with Crippen molar-refractivity contribution in [1.82, 2.24) is 10.3 Å². The molecular weight excluding hydrogens is 401 g/mol. The molecule has 0 bridgehead atoms. The monoisotopic (exact) mass is 419 g/mol. The maximum Gasteiger partial charge on any atom is 0.414 e. The first-order chi connectivity index (χ1) is 14.0. The predicted octanol–water partition coefficient (Wildman–Crippen LogP) is 2.70. The molecule has 0 radical (unpaired) electrons. The average molecular weight is 419 g/mol. The van der Waals surface area contributed by atoms with Gasteiger partial charge in [0, 0.05) is 17.1 Å². The zero-order valence-corrected chi connectivity index (χ0v) is 16.1. The van der Waals surface area contributed by atoms with Gasteiger partial charge in [-0.05, 0) is 31.0 Å². The highest BCUT2D eigenvalue weighted by Gasteiger charge is 2.26. The van der Waals surface area contributed by atoms with E-state index in [2.05, 4.69) is 20.9 Å². The maximum atomic E-state index is 14.1. The van der Waals surface area contributed by atoms with E-state index in [1.54, 1.807) is 5.38 Å². The first-order valence-corrected chi connectivity index (χ1v) is 9.91. The van der Waals surface area contributed by atoms with E-state index in [1.807, 2.05) is 0 Å². The number of nitrogens with zero attached hydrogens (tertiary/aromatic N) is 2. The van der Waals surface area contributed by atoms with Crippen molar-refractivity contribution in [3.63, 3.8) is 0 Å². The Kier molecular flexibility index (Phi) is 5.30. The van der Waals surface area contributed by atoms with Gasteiger partial charge in [0.1, 0.15) is 12.4 Å². The summed E-state index contributed by atoms with van der Waals surface area (Å²) in [6.45, 7) is 0.434. The van der Waals surface area contributed by atoms with Crippen LogP contribution in [-0.2, 0) is 16.0 Å². The van der Waals surface area contributed by atoms with Gasteiger partial charge < -0.3 is 15.4 Å². The number of hydrogen-bond donors (Lipinski definition) is 3. The number of nitrogens with one attached hydrogen (secondary N) is 3. The first kappa shape index (κ1) is 19.1. The molecule has 29 heavy (non-hydrogen) atoms. The zero-order chi connectivity index (χ0) is 20.4. The van der Waals surface area contributed by atoms with Crippen LogP contribution >= 0.6 is 11.3 Å². The minimum absolute atomic E-state index is 0.0130. The first-order valence-electron chi connectivity index (χ1n) is 9.03. The number of anilines is 3. The minimum atomic E-state index is -0.624. The van der Waals surface area contributed by atoms with Crippen LogP contribution in [0.4, 0.5) is 30.5 Å². The fourth-order valence-corrected chi connectivity index (χ4v) is 3.48. The van der Waals surface area contributed by atoms with Gasteiger partial charge in [0.25, 0.3) is 0 Å². The molecule has 2 aliphatic rings. The Hall–Kier alpha value is -3.21. The predicted molar refractivity (Wildman–Crippen MR) is 105 cm³/mol. The van der Waals surface area contributed by atoms with Crippen LogP contribution in [-0.4, -0.2) is 42.2 Å². The molecule has 1 aliphatic heterocycles. The second-order valence-electron chi connectivity index (χ2n) is 6.67. The molecule has 3 N–H and O–H groups in total. The molecule has 1 aromatic heterocycles. The van der Waals surface area contributed by atoms with Crippen molar-refractivity contribution in [2.45, 2.75) is 25.3 Å². The molecule has 0 spiro atoms. The smallest absolute Gasteiger partial charge is 0.414 e. The number of ether oxygens (including phenoxy) is 1. The molecule has 9 nitrogen and oxygen atoms in total. The van der Waals surface area contributed by atoms with E-state index < -0.39 is 11.9 Å². The summed E-state index contributed by atoms with van der Waals surface area (Å²) in [5.41, 5.74) is 0.898. The number of thiazole rings is 1. The van der Waals surface area contributed by atoms with Gasteiger partial charge in [-0.3, -0.25) is 15.0 Å². The number of carbonyl (C=O) groups excluding carboxylic acids is 3. The third kappa shape index (κ3) is 4.80. The minimum Gasteiger partial charge on any atom is -0.447 e. The Balaban J connectivity index is 1.35. The van der Waals surface area contributed by atoms with E-state index in [-0.39, 0.29) is 43.2 Å². The van der Waals surface area contributed by atoms with E-state index in [9.17, 15) is 18.8 Å². The molecular formula is C18H18FN5O4S. The van der Waals surface area contributed by atoms with E-state index in [4.69, 9.17) is 4.74 Å². The van der Waals surface area contributed by atoms with Crippen molar-refractivity contribution in [2.24, 2.45) is 0 Å². The van der Waals surface area contributed by atoms with Crippen molar-refractivity contribution in [2.75, 3.05) is 28.7 Å². The summed E-state index contributed by atoms with van der Waals surface area (Å²) in [4.78, 5) is 41.1. The Morgan fingerprint density at radius 3 is 2.86 bits per heavy atom. The lowest BCUT2D eigenvalue weighted by atomic mass is 10.2. The molecule has 4 amide bonds. The third-order valence-electron chi connectivity index (χ3n) is 4.31. The van der Waals surface area contributed by atoms with Crippen molar-refractivity contribution in [3.8, 4) is 0 Å². The summed E-state index contributed by atoms with van der Waals surface area (Å²) >= 11 is 1.22.